The fourth-order valence-corrected chi connectivity index (χ4v) is 4.10. The molecule has 0 aliphatic carbocycles. The summed E-state index contributed by atoms with van der Waals surface area (Å²) in [5, 5.41) is 23.2. The standard InChI is InChI=1S/C27H34N6O3/c1-18(2)29-9-8-28-17-27(34,21-10-22(35-4)13-23(11-21)36-5)20-6-7-24-25(12-20)32-26(15-30-24)19-14-31-33(3)16-19/h6-7,10-16,18,28-29,34H,8-9,17H2,1-5H3/t27-/m0/s1. The summed E-state index contributed by atoms with van der Waals surface area (Å²) in [4.78, 5) is 9.39. The summed E-state index contributed by atoms with van der Waals surface area (Å²) in [5.41, 5.74) is 2.99. The van der Waals surface area contributed by atoms with Crippen LogP contribution in [0.2, 0.25) is 0 Å². The van der Waals surface area contributed by atoms with Gasteiger partial charge in [0.1, 0.15) is 17.1 Å². The molecule has 0 aliphatic heterocycles. The van der Waals surface area contributed by atoms with Crippen molar-refractivity contribution in [1.82, 2.24) is 30.4 Å². The van der Waals surface area contributed by atoms with E-state index in [1.165, 1.54) is 0 Å². The number of nitrogens with one attached hydrogen (secondary N) is 2. The Morgan fingerprint density at radius 3 is 2.36 bits per heavy atom. The zero-order chi connectivity index (χ0) is 25.7. The predicted octanol–water partition coefficient (Wildman–Crippen LogP) is 2.87. The Kier molecular flexibility index (Phi) is 7.83. The van der Waals surface area contributed by atoms with Crippen LogP contribution >= 0.6 is 0 Å². The minimum Gasteiger partial charge on any atom is -0.497 e. The van der Waals surface area contributed by atoms with Crippen molar-refractivity contribution < 1.29 is 14.6 Å². The van der Waals surface area contributed by atoms with Crippen LogP contribution in [-0.2, 0) is 12.6 Å². The van der Waals surface area contributed by atoms with Crippen molar-refractivity contribution in [2.45, 2.75) is 25.5 Å². The molecule has 0 bridgehead atoms. The molecule has 2 aromatic carbocycles. The molecule has 3 N–H and O–H groups in total. The van der Waals surface area contributed by atoms with Crippen molar-refractivity contribution in [3.05, 3.63) is 66.1 Å². The summed E-state index contributed by atoms with van der Waals surface area (Å²) in [6.45, 7) is 5.97. The second-order valence-electron chi connectivity index (χ2n) is 9.11. The topological polar surface area (TPSA) is 106 Å². The first-order valence-corrected chi connectivity index (χ1v) is 12.0. The van der Waals surface area contributed by atoms with Crippen LogP contribution in [0.15, 0.2) is 55.0 Å². The number of hydrogen-bond acceptors (Lipinski definition) is 8. The molecule has 0 saturated heterocycles. The molecule has 0 aliphatic rings. The number of ether oxygens (including phenoxy) is 2. The second-order valence-corrected chi connectivity index (χ2v) is 9.11. The summed E-state index contributed by atoms with van der Waals surface area (Å²) in [6.07, 6.45) is 5.39. The molecule has 0 fully saturated rings. The van der Waals surface area contributed by atoms with E-state index in [-0.39, 0.29) is 6.54 Å². The number of aryl methyl sites for hydroxylation is 1. The normalized spacial score (nSPS) is 13.2. The average Bonchev–Trinajstić information content (AvgIpc) is 3.33. The number of nitrogens with zero attached hydrogens (tertiary/aromatic N) is 4. The predicted molar refractivity (Wildman–Crippen MR) is 140 cm³/mol. The van der Waals surface area contributed by atoms with Gasteiger partial charge in [0.15, 0.2) is 0 Å². The molecule has 2 heterocycles. The fraction of sp³-hybridized carbons (Fsp3) is 0.370. The Bertz CT molecular complexity index is 1300. The largest absolute Gasteiger partial charge is 0.497 e. The SMILES string of the molecule is COc1cc(OC)cc([C@](O)(CNCCNC(C)C)c2ccc3ncc(-c4cnn(C)c4)nc3c2)c1. The quantitative estimate of drug-likeness (QED) is 0.276. The van der Waals surface area contributed by atoms with Gasteiger partial charge in [-0.1, -0.05) is 19.9 Å². The first-order chi connectivity index (χ1) is 17.3. The third-order valence-electron chi connectivity index (χ3n) is 6.08. The van der Waals surface area contributed by atoms with Crippen molar-refractivity contribution in [1.29, 1.82) is 0 Å². The van der Waals surface area contributed by atoms with E-state index in [2.05, 4.69) is 34.6 Å². The average molecular weight is 491 g/mol. The molecule has 9 heteroatoms. The van der Waals surface area contributed by atoms with Gasteiger partial charge in [-0.3, -0.25) is 9.67 Å². The van der Waals surface area contributed by atoms with Gasteiger partial charge in [0.25, 0.3) is 0 Å². The molecule has 0 saturated carbocycles. The molecule has 4 aromatic rings. The zero-order valence-corrected chi connectivity index (χ0v) is 21.4. The zero-order valence-electron chi connectivity index (χ0n) is 21.4. The number of benzene rings is 2. The third kappa shape index (κ3) is 5.64. The lowest BCUT2D eigenvalue weighted by molar-refractivity contribution is 0.0798. The van der Waals surface area contributed by atoms with Gasteiger partial charge >= 0.3 is 0 Å². The van der Waals surface area contributed by atoms with Gasteiger partial charge in [0.05, 0.1) is 43.3 Å². The highest BCUT2D eigenvalue weighted by molar-refractivity contribution is 5.78. The lowest BCUT2D eigenvalue weighted by Gasteiger charge is -2.31. The Labute approximate surface area is 211 Å². The molecular formula is C27H34N6O3. The van der Waals surface area contributed by atoms with Gasteiger partial charge in [-0.05, 0) is 35.4 Å². The molecule has 2 aromatic heterocycles. The monoisotopic (exact) mass is 490 g/mol. The maximum Gasteiger partial charge on any atom is 0.127 e. The summed E-state index contributed by atoms with van der Waals surface area (Å²) in [5.74, 6) is 1.20. The summed E-state index contributed by atoms with van der Waals surface area (Å²) in [6, 6.07) is 11.5. The second kappa shape index (κ2) is 11.0. The molecule has 190 valence electrons. The number of methoxy groups -OCH3 is 2. The van der Waals surface area contributed by atoms with E-state index >= 15 is 0 Å². The minimum atomic E-state index is -1.38. The molecule has 0 unspecified atom stereocenters. The van der Waals surface area contributed by atoms with E-state index in [4.69, 9.17) is 14.5 Å². The summed E-state index contributed by atoms with van der Waals surface area (Å²) < 4.78 is 12.7. The number of aromatic nitrogens is 4. The van der Waals surface area contributed by atoms with Crippen LogP contribution in [-0.4, -0.2) is 64.8 Å². The van der Waals surface area contributed by atoms with E-state index in [1.54, 1.807) is 37.4 Å². The van der Waals surface area contributed by atoms with Crippen LogP contribution in [0.1, 0.15) is 25.0 Å². The molecule has 9 nitrogen and oxygen atoms in total. The molecule has 1 atom stereocenters. The van der Waals surface area contributed by atoms with Crippen molar-refractivity contribution in [3.8, 4) is 22.8 Å². The van der Waals surface area contributed by atoms with E-state index in [0.717, 1.165) is 23.3 Å². The highest BCUT2D eigenvalue weighted by Crippen LogP contribution is 2.35. The smallest absolute Gasteiger partial charge is 0.127 e. The lowest BCUT2D eigenvalue weighted by atomic mass is 9.85. The van der Waals surface area contributed by atoms with Crippen LogP contribution in [0.4, 0.5) is 0 Å². The van der Waals surface area contributed by atoms with Gasteiger partial charge in [0, 0.05) is 50.6 Å². The van der Waals surface area contributed by atoms with Crippen molar-refractivity contribution >= 4 is 11.0 Å². The van der Waals surface area contributed by atoms with Gasteiger partial charge in [-0.25, -0.2) is 4.98 Å². The maximum absolute atomic E-state index is 12.2. The van der Waals surface area contributed by atoms with Crippen LogP contribution in [0.5, 0.6) is 11.5 Å². The van der Waals surface area contributed by atoms with Crippen molar-refractivity contribution in [2.75, 3.05) is 33.9 Å². The highest BCUT2D eigenvalue weighted by Gasteiger charge is 2.33. The van der Waals surface area contributed by atoms with Crippen LogP contribution in [0.25, 0.3) is 22.3 Å². The number of rotatable bonds is 11. The Balaban J connectivity index is 1.75. The Morgan fingerprint density at radius 2 is 1.72 bits per heavy atom. The Morgan fingerprint density at radius 1 is 0.972 bits per heavy atom. The number of hydrogen-bond donors (Lipinski definition) is 3. The summed E-state index contributed by atoms with van der Waals surface area (Å²) >= 11 is 0. The lowest BCUT2D eigenvalue weighted by Crippen LogP contribution is -2.42. The van der Waals surface area contributed by atoms with Crippen molar-refractivity contribution in [3.63, 3.8) is 0 Å². The van der Waals surface area contributed by atoms with E-state index in [1.807, 2.05) is 43.6 Å². The van der Waals surface area contributed by atoms with Crippen molar-refractivity contribution in [2.24, 2.45) is 7.05 Å². The number of aliphatic hydroxyl groups is 1. The molecule has 0 radical (unpaired) electrons. The van der Waals surface area contributed by atoms with E-state index < -0.39 is 5.60 Å². The first-order valence-electron chi connectivity index (χ1n) is 12.0. The molecule has 4 rings (SSSR count). The van der Waals surface area contributed by atoms with Gasteiger partial charge in [-0.15, -0.1) is 0 Å². The molecule has 0 spiro atoms. The first kappa shape index (κ1) is 25.6. The highest BCUT2D eigenvalue weighted by atomic mass is 16.5. The summed E-state index contributed by atoms with van der Waals surface area (Å²) in [7, 11) is 5.06. The number of fused-ring (bicyclic) bond motifs is 1. The Hall–Kier alpha value is -3.53. The minimum absolute atomic E-state index is 0.282. The van der Waals surface area contributed by atoms with Crippen LogP contribution < -0.4 is 20.1 Å². The third-order valence-corrected chi connectivity index (χ3v) is 6.08. The molecular weight excluding hydrogens is 456 g/mol. The molecule has 0 amide bonds. The van der Waals surface area contributed by atoms with Crippen LogP contribution in [0, 0.1) is 0 Å². The van der Waals surface area contributed by atoms with Gasteiger partial charge in [-0.2, -0.15) is 5.10 Å². The van der Waals surface area contributed by atoms with Gasteiger partial charge in [0.2, 0.25) is 0 Å². The maximum atomic E-state index is 12.2. The van der Waals surface area contributed by atoms with Gasteiger partial charge < -0.3 is 25.2 Å². The van der Waals surface area contributed by atoms with E-state index in [0.29, 0.717) is 40.7 Å². The fourth-order valence-electron chi connectivity index (χ4n) is 4.10. The van der Waals surface area contributed by atoms with Crippen LogP contribution in [0.3, 0.4) is 0 Å². The van der Waals surface area contributed by atoms with E-state index in [9.17, 15) is 5.11 Å². The molecule has 36 heavy (non-hydrogen) atoms.